The van der Waals surface area contributed by atoms with Gasteiger partial charge in [-0.05, 0) is 38.0 Å². The standard InChI is InChI=1S/C17H16Cl2N4OS/c1-9-4-10(2)15(11(3)5-9)20-14(24)8-25-17-22-21-16-13(19)6-12(18)7-23(16)17/h4-7H,8H2,1-3H3,(H,20,24). The fourth-order valence-electron chi connectivity index (χ4n) is 2.68. The van der Waals surface area contributed by atoms with Crippen LogP contribution >= 0.6 is 35.0 Å². The van der Waals surface area contributed by atoms with E-state index in [4.69, 9.17) is 23.2 Å². The van der Waals surface area contributed by atoms with Gasteiger partial charge in [-0.3, -0.25) is 9.20 Å². The molecule has 0 saturated carbocycles. The first kappa shape index (κ1) is 18.0. The number of aryl methyl sites for hydroxylation is 3. The average molecular weight is 395 g/mol. The number of pyridine rings is 1. The summed E-state index contributed by atoms with van der Waals surface area (Å²) in [5.41, 5.74) is 4.63. The number of hydrogen-bond donors (Lipinski definition) is 1. The lowest BCUT2D eigenvalue weighted by Crippen LogP contribution is -2.16. The number of thioether (sulfide) groups is 1. The van der Waals surface area contributed by atoms with E-state index in [0.29, 0.717) is 20.8 Å². The topological polar surface area (TPSA) is 59.3 Å². The van der Waals surface area contributed by atoms with E-state index >= 15 is 0 Å². The predicted molar refractivity (Wildman–Crippen MR) is 103 cm³/mol. The van der Waals surface area contributed by atoms with E-state index in [1.165, 1.54) is 17.3 Å². The van der Waals surface area contributed by atoms with Gasteiger partial charge in [0.15, 0.2) is 10.8 Å². The van der Waals surface area contributed by atoms with E-state index in [9.17, 15) is 4.79 Å². The van der Waals surface area contributed by atoms with Crippen LogP contribution in [0.2, 0.25) is 10.0 Å². The monoisotopic (exact) mass is 394 g/mol. The van der Waals surface area contributed by atoms with Crippen LogP contribution in [0.25, 0.3) is 5.65 Å². The second-order valence-corrected chi connectivity index (χ2v) is 7.58. The molecule has 0 aliphatic carbocycles. The molecular formula is C17H16Cl2N4OS. The molecule has 5 nitrogen and oxygen atoms in total. The van der Waals surface area contributed by atoms with Gasteiger partial charge in [-0.15, -0.1) is 10.2 Å². The summed E-state index contributed by atoms with van der Waals surface area (Å²) in [6, 6.07) is 5.70. The Balaban J connectivity index is 1.73. The van der Waals surface area contributed by atoms with Gasteiger partial charge in [0.25, 0.3) is 0 Å². The summed E-state index contributed by atoms with van der Waals surface area (Å²) in [5.74, 6) is 0.0995. The third-order valence-electron chi connectivity index (χ3n) is 3.67. The van der Waals surface area contributed by atoms with Crippen LogP contribution in [0.3, 0.4) is 0 Å². The highest BCUT2D eigenvalue weighted by Crippen LogP contribution is 2.26. The van der Waals surface area contributed by atoms with Crippen molar-refractivity contribution in [3.63, 3.8) is 0 Å². The van der Waals surface area contributed by atoms with Gasteiger partial charge in [-0.2, -0.15) is 0 Å². The maximum Gasteiger partial charge on any atom is 0.234 e. The highest BCUT2D eigenvalue weighted by Gasteiger charge is 2.13. The van der Waals surface area contributed by atoms with E-state index in [2.05, 4.69) is 15.5 Å². The molecule has 130 valence electrons. The Hall–Kier alpha value is -1.76. The third-order valence-corrected chi connectivity index (χ3v) is 5.10. The fraction of sp³-hybridized carbons (Fsp3) is 0.235. The number of carbonyl (C=O) groups excluding carboxylic acids is 1. The quantitative estimate of drug-likeness (QED) is 0.651. The Kier molecular flexibility index (Phi) is 5.22. The second kappa shape index (κ2) is 7.23. The number of fused-ring (bicyclic) bond motifs is 1. The molecule has 1 amide bonds. The Morgan fingerprint density at radius 1 is 1.16 bits per heavy atom. The zero-order valence-electron chi connectivity index (χ0n) is 13.9. The molecule has 2 heterocycles. The highest BCUT2D eigenvalue weighted by atomic mass is 35.5. The molecule has 0 spiro atoms. The largest absolute Gasteiger partial charge is 0.325 e. The van der Waals surface area contributed by atoms with Crippen LogP contribution < -0.4 is 5.32 Å². The molecule has 3 aromatic rings. The van der Waals surface area contributed by atoms with Crippen molar-refractivity contribution in [1.29, 1.82) is 0 Å². The summed E-state index contributed by atoms with van der Waals surface area (Å²) in [7, 11) is 0. The summed E-state index contributed by atoms with van der Waals surface area (Å²) in [6.07, 6.45) is 1.68. The maximum absolute atomic E-state index is 12.3. The number of benzene rings is 1. The van der Waals surface area contributed by atoms with Gasteiger partial charge >= 0.3 is 0 Å². The fourth-order valence-corrected chi connectivity index (χ4v) is 3.90. The average Bonchev–Trinajstić information content (AvgIpc) is 2.92. The van der Waals surface area contributed by atoms with Crippen LogP contribution in [0.4, 0.5) is 5.69 Å². The first-order valence-electron chi connectivity index (χ1n) is 7.55. The van der Waals surface area contributed by atoms with Crippen LogP contribution in [0.15, 0.2) is 29.6 Å². The van der Waals surface area contributed by atoms with Crippen molar-refractivity contribution in [2.45, 2.75) is 25.9 Å². The zero-order valence-corrected chi connectivity index (χ0v) is 16.3. The molecule has 2 aromatic heterocycles. The number of carbonyl (C=O) groups is 1. The van der Waals surface area contributed by atoms with Crippen LogP contribution in [0, 0.1) is 20.8 Å². The molecule has 1 N–H and O–H groups in total. The van der Waals surface area contributed by atoms with Crippen LogP contribution in [-0.2, 0) is 4.79 Å². The number of halogens is 2. The minimum atomic E-state index is -0.107. The summed E-state index contributed by atoms with van der Waals surface area (Å²) in [5, 5.41) is 12.5. The van der Waals surface area contributed by atoms with Crippen molar-refractivity contribution >= 4 is 52.2 Å². The van der Waals surface area contributed by atoms with Crippen molar-refractivity contribution in [3.8, 4) is 0 Å². The smallest absolute Gasteiger partial charge is 0.234 e. The lowest BCUT2D eigenvalue weighted by Gasteiger charge is -2.12. The van der Waals surface area contributed by atoms with E-state index in [1.54, 1.807) is 16.7 Å². The Bertz CT molecular complexity index is 948. The molecule has 3 rings (SSSR count). The molecule has 8 heteroatoms. The van der Waals surface area contributed by atoms with Crippen molar-refractivity contribution in [3.05, 3.63) is 51.1 Å². The van der Waals surface area contributed by atoms with Gasteiger partial charge < -0.3 is 5.32 Å². The van der Waals surface area contributed by atoms with E-state index < -0.39 is 0 Å². The molecule has 0 fully saturated rings. The van der Waals surface area contributed by atoms with Crippen LogP contribution in [0.1, 0.15) is 16.7 Å². The van der Waals surface area contributed by atoms with Gasteiger partial charge in [0.1, 0.15) is 0 Å². The van der Waals surface area contributed by atoms with Gasteiger partial charge in [0, 0.05) is 11.9 Å². The van der Waals surface area contributed by atoms with E-state index in [0.717, 1.165) is 16.8 Å². The SMILES string of the molecule is Cc1cc(C)c(NC(=O)CSc2nnc3c(Cl)cc(Cl)cn23)c(C)c1. The van der Waals surface area contributed by atoms with Gasteiger partial charge in [0.05, 0.1) is 15.8 Å². The van der Waals surface area contributed by atoms with Gasteiger partial charge in [0.2, 0.25) is 5.91 Å². The summed E-state index contributed by atoms with van der Waals surface area (Å²) < 4.78 is 1.69. The number of rotatable bonds is 4. The first-order chi connectivity index (χ1) is 11.8. The summed E-state index contributed by atoms with van der Waals surface area (Å²) >= 11 is 13.4. The molecule has 0 radical (unpaired) electrons. The van der Waals surface area contributed by atoms with Gasteiger partial charge in [-0.1, -0.05) is 52.7 Å². The molecule has 0 atom stereocenters. The molecule has 0 saturated heterocycles. The second-order valence-electron chi connectivity index (χ2n) is 5.79. The first-order valence-corrected chi connectivity index (χ1v) is 9.29. The molecule has 0 bridgehead atoms. The maximum atomic E-state index is 12.3. The van der Waals surface area contributed by atoms with Crippen molar-refractivity contribution in [2.75, 3.05) is 11.1 Å². The number of amides is 1. The van der Waals surface area contributed by atoms with Crippen LogP contribution in [0.5, 0.6) is 0 Å². The lowest BCUT2D eigenvalue weighted by atomic mass is 10.1. The molecular weight excluding hydrogens is 379 g/mol. The highest BCUT2D eigenvalue weighted by molar-refractivity contribution is 7.99. The Morgan fingerprint density at radius 3 is 2.52 bits per heavy atom. The Labute approximate surface area is 159 Å². The van der Waals surface area contributed by atoms with Crippen molar-refractivity contribution < 1.29 is 4.79 Å². The van der Waals surface area contributed by atoms with Gasteiger partial charge in [-0.25, -0.2) is 0 Å². The molecule has 1 aromatic carbocycles. The number of nitrogens with zero attached hydrogens (tertiary/aromatic N) is 3. The third kappa shape index (κ3) is 3.92. The van der Waals surface area contributed by atoms with Crippen LogP contribution in [-0.4, -0.2) is 26.3 Å². The molecule has 0 unspecified atom stereocenters. The predicted octanol–water partition coefficient (Wildman–Crippen LogP) is 4.69. The normalized spacial score (nSPS) is 11.1. The molecule has 0 aliphatic rings. The van der Waals surface area contributed by atoms with E-state index in [-0.39, 0.29) is 11.7 Å². The molecule has 0 aliphatic heterocycles. The minimum absolute atomic E-state index is 0.107. The zero-order chi connectivity index (χ0) is 18.1. The minimum Gasteiger partial charge on any atom is -0.325 e. The lowest BCUT2D eigenvalue weighted by molar-refractivity contribution is -0.113. The van der Waals surface area contributed by atoms with E-state index in [1.807, 2.05) is 32.9 Å². The number of nitrogens with one attached hydrogen (secondary N) is 1. The molecule has 25 heavy (non-hydrogen) atoms. The van der Waals surface area contributed by atoms with Crippen molar-refractivity contribution in [2.24, 2.45) is 0 Å². The number of aromatic nitrogens is 3. The summed E-state index contributed by atoms with van der Waals surface area (Å²) in [4.78, 5) is 12.3. The number of anilines is 1. The Morgan fingerprint density at radius 2 is 1.84 bits per heavy atom. The van der Waals surface area contributed by atoms with Crippen molar-refractivity contribution in [1.82, 2.24) is 14.6 Å². The summed E-state index contributed by atoms with van der Waals surface area (Å²) in [6.45, 7) is 6.01. The number of hydrogen-bond acceptors (Lipinski definition) is 4.